The van der Waals surface area contributed by atoms with Crippen molar-refractivity contribution in [3.8, 4) is 0 Å². The van der Waals surface area contributed by atoms with E-state index in [9.17, 15) is 0 Å². The molecule has 0 aliphatic heterocycles. The van der Waals surface area contributed by atoms with Gasteiger partial charge in [-0.2, -0.15) is 0 Å². The molecular formula is C14H25N. The Labute approximate surface area is 95.3 Å². The summed E-state index contributed by atoms with van der Waals surface area (Å²) in [6, 6.07) is 0. The van der Waals surface area contributed by atoms with E-state index in [-0.39, 0.29) is 0 Å². The highest BCUT2D eigenvalue weighted by atomic mass is 14.8. The van der Waals surface area contributed by atoms with Gasteiger partial charge in [0.2, 0.25) is 0 Å². The molecule has 0 aliphatic rings. The molecule has 0 radical (unpaired) electrons. The van der Waals surface area contributed by atoms with E-state index in [4.69, 9.17) is 0 Å². The van der Waals surface area contributed by atoms with Crippen LogP contribution in [0.1, 0.15) is 34.1 Å². The summed E-state index contributed by atoms with van der Waals surface area (Å²) in [5, 5.41) is 2.96. The van der Waals surface area contributed by atoms with Crippen LogP contribution in [0, 0.1) is 0 Å². The Morgan fingerprint density at radius 1 is 1.27 bits per heavy atom. The molecule has 86 valence electrons. The first kappa shape index (κ1) is 16.2. The van der Waals surface area contributed by atoms with E-state index in [1.807, 2.05) is 51.4 Å². The molecule has 1 heteroatoms. The lowest BCUT2D eigenvalue weighted by Crippen LogP contribution is -1.93. The van der Waals surface area contributed by atoms with E-state index in [1.54, 1.807) is 0 Å². The highest BCUT2D eigenvalue weighted by molar-refractivity contribution is 5.16. The van der Waals surface area contributed by atoms with E-state index < -0.39 is 0 Å². The fourth-order valence-corrected chi connectivity index (χ4v) is 0.679. The lowest BCUT2D eigenvalue weighted by molar-refractivity contribution is 1.01. The van der Waals surface area contributed by atoms with Gasteiger partial charge in [-0.15, -0.1) is 0 Å². The molecule has 0 amide bonds. The Balaban J connectivity index is 0. The molecule has 0 aromatic carbocycles. The molecule has 15 heavy (non-hydrogen) atoms. The van der Waals surface area contributed by atoms with Crippen LogP contribution >= 0.6 is 0 Å². The minimum Gasteiger partial charge on any atom is -0.394 e. The van der Waals surface area contributed by atoms with Gasteiger partial charge in [-0.1, -0.05) is 49.0 Å². The van der Waals surface area contributed by atoms with Crippen LogP contribution in [0.5, 0.6) is 0 Å². The molecule has 1 nitrogen and oxygen atoms in total. The molecular weight excluding hydrogens is 182 g/mol. The normalized spacial score (nSPS) is 11.4. The quantitative estimate of drug-likeness (QED) is 0.681. The van der Waals surface area contributed by atoms with Crippen molar-refractivity contribution >= 4 is 0 Å². The Morgan fingerprint density at radius 2 is 1.87 bits per heavy atom. The van der Waals surface area contributed by atoms with Gasteiger partial charge < -0.3 is 5.32 Å². The van der Waals surface area contributed by atoms with Crippen LogP contribution < -0.4 is 5.32 Å². The molecule has 0 aliphatic carbocycles. The molecule has 0 heterocycles. The molecule has 0 atom stereocenters. The maximum Gasteiger partial charge on any atom is 0.00276 e. The summed E-state index contributed by atoms with van der Waals surface area (Å²) in [7, 11) is 1.92. The van der Waals surface area contributed by atoms with Crippen molar-refractivity contribution in [1.29, 1.82) is 0 Å². The minimum absolute atomic E-state index is 1.09. The highest BCUT2D eigenvalue weighted by Gasteiger charge is 1.76. The summed E-state index contributed by atoms with van der Waals surface area (Å²) in [5.74, 6) is 0. The van der Waals surface area contributed by atoms with Gasteiger partial charge >= 0.3 is 0 Å². The zero-order valence-electron chi connectivity index (χ0n) is 10.8. The third kappa shape index (κ3) is 19.3. The average molecular weight is 207 g/mol. The first-order chi connectivity index (χ1) is 7.08. The fourth-order valence-electron chi connectivity index (χ4n) is 0.679. The SMILES string of the molecule is C=C(C)/C=C\C=C/C.CC/C(C)=C\NC. The van der Waals surface area contributed by atoms with Gasteiger partial charge in [0.1, 0.15) is 0 Å². The van der Waals surface area contributed by atoms with Gasteiger partial charge in [-0.05, 0) is 33.4 Å². The lowest BCUT2D eigenvalue weighted by Gasteiger charge is -1.91. The van der Waals surface area contributed by atoms with Crippen LogP contribution in [0.25, 0.3) is 0 Å². The average Bonchev–Trinajstić information content (AvgIpc) is 2.19. The summed E-state index contributed by atoms with van der Waals surface area (Å²) in [4.78, 5) is 0. The van der Waals surface area contributed by atoms with E-state index >= 15 is 0 Å². The van der Waals surface area contributed by atoms with E-state index in [1.165, 1.54) is 5.57 Å². The fraction of sp³-hybridized carbons (Fsp3) is 0.429. The zero-order valence-corrected chi connectivity index (χ0v) is 10.8. The number of rotatable bonds is 4. The maximum atomic E-state index is 3.71. The van der Waals surface area contributed by atoms with Gasteiger partial charge in [0.05, 0.1) is 0 Å². The molecule has 0 aromatic heterocycles. The third-order valence-electron chi connectivity index (χ3n) is 1.63. The van der Waals surface area contributed by atoms with Gasteiger partial charge in [0.25, 0.3) is 0 Å². The highest BCUT2D eigenvalue weighted by Crippen LogP contribution is 1.93. The summed E-state index contributed by atoms with van der Waals surface area (Å²) >= 11 is 0. The largest absolute Gasteiger partial charge is 0.394 e. The van der Waals surface area contributed by atoms with Crippen molar-refractivity contribution in [2.24, 2.45) is 0 Å². The van der Waals surface area contributed by atoms with E-state index in [0.29, 0.717) is 0 Å². The van der Waals surface area contributed by atoms with Crippen LogP contribution in [0.2, 0.25) is 0 Å². The first-order valence-corrected chi connectivity index (χ1v) is 5.36. The van der Waals surface area contributed by atoms with Crippen LogP contribution in [0.3, 0.4) is 0 Å². The van der Waals surface area contributed by atoms with Crippen molar-refractivity contribution in [2.75, 3.05) is 7.05 Å². The predicted octanol–water partition coefficient (Wildman–Crippen LogP) is 4.21. The molecule has 1 N–H and O–H groups in total. The van der Waals surface area contributed by atoms with Crippen molar-refractivity contribution in [2.45, 2.75) is 34.1 Å². The predicted molar refractivity (Wildman–Crippen MR) is 71.9 cm³/mol. The molecule has 0 saturated carbocycles. The minimum atomic E-state index is 1.09. The molecule has 0 spiro atoms. The topological polar surface area (TPSA) is 12.0 Å². The first-order valence-electron chi connectivity index (χ1n) is 5.36. The van der Waals surface area contributed by atoms with Crippen molar-refractivity contribution in [1.82, 2.24) is 5.32 Å². The van der Waals surface area contributed by atoms with Gasteiger partial charge in [0, 0.05) is 7.05 Å². The molecule has 0 unspecified atom stereocenters. The monoisotopic (exact) mass is 207 g/mol. The van der Waals surface area contributed by atoms with Crippen molar-refractivity contribution in [3.63, 3.8) is 0 Å². The van der Waals surface area contributed by atoms with E-state index in [2.05, 4.69) is 25.7 Å². The number of nitrogens with one attached hydrogen (secondary N) is 1. The molecule has 0 fully saturated rings. The Bertz CT molecular complexity index is 232. The van der Waals surface area contributed by atoms with Crippen molar-refractivity contribution in [3.05, 3.63) is 48.2 Å². The summed E-state index contributed by atoms with van der Waals surface area (Å²) in [6.45, 7) is 11.9. The second-order valence-electron chi connectivity index (χ2n) is 3.36. The van der Waals surface area contributed by atoms with Gasteiger partial charge in [-0.3, -0.25) is 0 Å². The van der Waals surface area contributed by atoms with Crippen LogP contribution in [-0.2, 0) is 0 Å². The third-order valence-corrected chi connectivity index (χ3v) is 1.63. The Kier molecular flexibility index (Phi) is 13.8. The number of hydrogen-bond acceptors (Lipinski definition) is 1. The molecule has 0 rings (SSSR count). The molecule has 0 aromatic rings. The second-order valence-corrected chi connectivity index (χ2v) is 3.36. The summed E-state index contributed by atoms with van der Waals surface area (Å²) < 4.78 is 0. The van der Waals surface area contributed by atoms with Crippen molar-refractivity contribution < 1.29 is 0 Å². The molecule has 0 bridgehead atoms. The summed E-state index contributed by atoms with van der Waals surface area (Å²) in [6.07, 6.45) is 11.1. The van der Waals surface area contributed by atoms with Crippen LogP contribution in [0.15, 0.2) is 48.2 Å². The Hall–Kier alpha value is -1.24. The van der Waals surface area contributed by atoms with Crippen LogP contribution in [0.4, 0.5) is 0 Å². The second kappa shape index (κ2) is 12.8. The van der Waals surface area contributed by atoms with Gasteiger partial charge in [-0.25, -0.2) is 0 Å². The van der Waals surface area contributed by atoms with Gasteiger partial charge in [0.15, 0.2) is 0 Å². The smallest absolute Gasteiger partial charge is 0.00276 e. The zero-order chi connectivity index (χ0) is 12.1. The summed E-state index contributed by atoms with van der Waals surface area (Å²) in [5.41, 5.74) is 2.48. The Morgan fingerprint density at radius 3 is 2.13 bits per heavy atom. The number of allylic oxidation sites excluding steroid dienone is 6. The number of hydrogen-bond donors (Lipinski definition) is 1. The van der Waals surface area contributed by atoms with E-state index in [0.717, 1.165) is 12.0 Å². The maximum absolute atomic E-state index is 3.71. The molecule has 0 saturated heterocycles. The standard InChI is InChI=1S/C8H12.C6H13N/c1-4-5-6-7-8(2)3;1-4-6(2)5-7-3/h4-7H,2H2,1,3H3;5,7H,4H2,1-3H3/b5-4-,7-6-;6-5-. The lowest BCUT2D eigenvalue weighted by atomic mass is 10.3. The van der Waals surface area contributed by atoms with Crippen LogP contribution in [-0.4, -0.2) is 7.05 Å².